The largest absolute Gasteiger partial charge is 0.507 e. The van der Waals surface area contributed by atoms with E-state index in [-0.39, 0.29) is 35.1 Å². The summed E-state index contributed by atoms with van der Waals surface area (Å²) in [4.78, 5) is 17.7. The average molecular weight is 471 g/mol. The zero-order valence-corrected chi connectivity index (χ0v) is 19.4. The number of aromatic nitrogens is 3. The van der Waals surface area contributed by atoms with Crippen LogP contribution >= 0.6 is 0 Å². The molecule has 0 spiro atoms. The molecule has 1 atom stereocenters. The van der Waals surface area contributed by atoms with Crippen LogP contribution in [0.25, 0.3) is 22.3 Å². The highest BCUT2D eigenvalue weighted by atomic mass is 19.1. The molecule has 1 aliphatic heterocycles. The molecule has 3 aromatic rings. The highest BCUT2D eigenvalue weighted by molar-refractivity contribution is 5.90. The maximum Gasteiger partial charge on any atom is 0.320 e. The smallest absolute Gasteiger partial charge is 0.320 e. The highest BCUT2D eigenvalue weighted by Gasteiger charge is 2.34. The molecule has 180 valence electrons. The van der Waals surface area contributed by atoms with Crippen LogP contribution in [0.5, 0.6) is 11.8 Å². The standard InChI is InChI=1S/C24H28F2N6O2/c1-13-12-27-7-8-32(13)23-16-11-18(26)21(20-17(25)5-4-6-19(20)33)28-22(16)29-24(30-23)34-15-9-14(10-15)31(2)3/h4-6,11,13-15,27,33H,7-10,12H2,1-3H3/t13-,14?,15?/m1/s1. The lowest BCUT2D eigenvalue weighted by Gasteiger charge is -2.39. The summed E-state index contributed by atoms with van der Waals surface area (Å²) in [6.45, 7) is 4.25. The Morgan fingerprint density at radius 2 is 1.94 bits per heavy atom. The molecule has 1 aromatic carbocycles. The number of aromatic hydroxyl groups is 1. The molecule has 2 aromatic heterocycles. The molecule has 1 aliphatic carbocycles. The van der Waals surface area contributed by atoms with E-state index >= 15 is 4.39 Å². The first-order valence-electron chi connectivity index (χ1n) is 11.5. The molecule has 34 heavy (non-hydrogen) atoms. The minimum Gasteiger partial charge on any atom is -0.507 e. The second-order valence-corrected chi connectivity index (χ2v) is 9.23. The topological polar surface area (TPSA) is 86.6 Å². The van der Waals surface area contributed by atoms with Crippen molar-refractivity contribution in [2.75, 3.05) is 38.6 Å². The Morgan fingerprint density at radius 3 is 2.65 bits per heavy atom. The summed E-state index contributed by atoms with van der Waals surface area (Å²) < 4.78 is 35.8. The molecule has 1 saturated carbocycles. The van der Waals surface area contributed by atoms with Crippen LogP contribution in [0.3, 0.4) is 0 Å². The number of hydrogen-bond acceptors (Lipinski definition) is 8. The number of anilines is 1. The Balaban J connectivity index is 1.61. The summed E-state index contributed by atoms with van der Waals surface area (Å²) >= 11 is 0. The van der Waals surface area contributed by atoms with Gasteiger partial charge in [0.1, 0.15) is 29.2 Å². The number of halogens is 2. The zero-order chi connectivity index (χ0) is 24.0. The lowest BCUT2D eigenvalue weighted by atomic mass is 9.88. The third-order valence-corrected chi connectivity index (χ3v) is 6.67. The van der Waals surface area contributed by atoms with Gasteiger partial charge in [-0.2, -0.15) is 9.97 Å². The second kappa shape index (κ2) is 8.92. The minimum atomic E-state index is -0.767. The summed E-state index contributed by atoms with van der Waals surface area (Å²) in [6.07, 6.45) is 1.70. The summed E-state index contributed by atoms with van der Waals surface area (Å²) in [7, 11) is 4.07. The Kier molecular flexibility index (Phi) is 5.95. The lowest BCUT2D eigenvalue weighted by molar-refractivity contribution is 0.0339. The molecule has 10 heteroatoms. The van der Waals surface area contributed by atoms with Gasteiger partial charge in [-0.05, 0) is 39.2 Å². The van der Waals surface area contributed by atoms with Crippen LogP contribution in [-0.4, -0.2) is 76.9 Å². The molecule has 3 heterocycles. The second-order valence-electron chi connectivity index (χ2n) is 9.23. The van der Waals surface area contributed by atoms with Crippen LogP contribution in [0, 0.1) is 11.6 Å². The van der Waals surface area contributed by atoms with E-state index in [0.29, 0.717) is 23.8 Å². The van der Waals surface area contributed by atoms with Crippen molar-refractivity contribution < 1.29 is 18.6 Å². The van der Waals surface area contributed by atoms with Crippen molar-refractivity contribution in [3.8, 4) is 23.0 Å². The van der Waals surface area contributed by atoms with Crippen LogP contribution < -0.4 is 15.0 Å². The lowest BCUT2D eigenvalue weighted by Crippen LogP contribution is -2.50. The fraction of sp³-hybridized carbons (Fsp3) is 0.458. The first-order valence-corrected chi connectivity index (χ1v) is 11.5. The third kappa shape index (κ3) is 4.12. The van der Waals surface area contributed by atoms with Gasteiger partial charge in [0.15, 0.2) is 11.5 Å². The van der Waals surface area contributed by atoms with E-state index in [1.807, 2.05) is 14.1 Å². The van der Waals surface area contributed by atoms with E-state index in [9.17, 15) is 9.50 Å². The number of nitrogens with zero attached hydrogens (tertiary/aromatic N) is 5. The SMILES string of the molecule is C[C@@H]1CNCCN1c1nc(OC2CC(N(C)C)C2)nc2nc(-c3c(O)cccc3F)c(F)cc12. The van der Waals surface area contributed by atoms with E-state index in [4.69, 9.17) is 4.74 Å². The van der Waals surface area contributed by atoms with Gasteiger partial charge in [-0.1, -0.05) is 6.07 Å². The van der Waals surface area contributed by atoms with Crippen LogP contribution in [0.2, 0.25) is 0 Å². The normalized spacial score (nSPS) is 22.8. The number of pyridine rings is 1. The molecule has 0 amide bonds. The number of fused-ring (bicyclic) bond motifs is 1. The van der Waals surface area contributed by atoms with Gasteiger partial charge in [-0.3, -0.25) is 0 Å². The number of nitrogens with one attached hydrogen (secondary N) is 1. The van der Waals surface area contributed by atoms with Gasteiger partial charge in [0.25, 0.3) is 0 Å². The number of hydrogen-bond donors (Lipinski definition) is 2. The molecule has 5 rings (SSSR count). The van der Waals surface area contributed by atoms with Crippen molar-refractivity contribution in [1.29, 1.82) is 0 Å². The van der Waals surface area contributed by atoms with Crippen molar-refractivity contribution in [2.45, 2.75) is 38.0 Å². The summed E-state index contributed by atoms with van der Waals surface area (Å²) in [5.41, 5.74) is -0.412. The minimum absolute atomic E-state index is 0.0197. The van der Waals surface area contributed by atoms with Crippen LogP contribution in [0.15, 0.2) is 24.3 Å². The molecular weight excluding hydrogens is 442 g/mol. The van der Waals surface area contributed by atoms with Crippen LogP contribution in [-0.2, 0) is 0 Å². The predicted octanol–water partition coefficient (Wildman–Crippen LogP) is 2.95. The molecule has 0 unspecified atom stereocenters. The first-order chi connectivity index (χ1) is 16.3. The van der Waals surface area contributed by atoms with Crippen LogP contribution in [0.1, 0.15) is 19.8 Å². The zero-order valence-electron chi connectivity index (χ0n) is 19.4. The predicted molar refractivity (Wildman–Crippen MR) is 125 cm³/mol. The number of benzene rings is 1. The molecule has 2 aliphatic rings. The van der Waals surface area contributed by atoms with Gasteiger partial charge < -0.3 is 25.0 Å². The third-order valence-electron chi connectivity index (χ3n) is 6.67. The van der Waals surface area contributed by atoms with E-state index in [1.165, 1.54) is 18.2 Å². The maximum atomic E-state index is 15.2. The molecule has 8 nitrogen and oxygen atoms in total. The number of piperazine rings is 1. The fourth-order valence-electron chi connectivity index (χ4n) is 4.55. The molecule has 0 radical (unpaired) electrons. The summed E-state index contributed by atoms with van der Waals surface area (Å²) in [5.74, 6) is -1.39. The molecular formula is C24H28F2N6O2. The van der Waals surface area contributed by atoms with E-state index in [1.54, 1.807) is 0 Å². The average Bonchev–Trinajstić information content (AvgIpc) is 2.76. The van der Waals surface area contributed by atoms with Crippen molar-refractivity contribution in [3.63, 3.8) is 0 Å². The Labute approximate surface area is 196 Å². The van der Waals surface area contributed by atoms with Crippen molar-refractivity contribution in [1.82, 2.24) is 25.2 Å². The van der Waals surface area contributed by atoms with Crippen LogP contribution in [0.4, 0.5) is 14.6 Å². The maximum absolute atomic E-state index is 15.2. The fourth-order valence-corrected chi connectivity index (χ4v) is 4.55. The van der Waals surface area contributed by atoms with Gasteiger partial charge in [-0.25, -0.2) is 13.8 Å². The van der Waals surface area contributed by atoms with Gasteiger partial charge in [0, 0.05) is 44.6 Å². The number of ether oxygens (including phenoxy) is 1. The number of phenolic OH excluding ortho intramolecular Hbond substituents is 1. The van der Waals surface area contributed by atoms with Crippen molar-refractivity contribution >= 4 is 16.9 Å². The van der Waals surface area contributed by atoms with E-state index in [2.05, 4.69) is 37.0 Å². The van der Waals surface area contributed by atoms with Crippen molar-refractivity contribution in [3.05, 3.63) is 35.9 Å². The Morgan fingerprint density at radius 1 is 1.15 bits per heavy atom. The van der Waals surface area contributed by atoms with Gasteiger partial charge in [0.05, 0.1) is 10.9 Å². The molecule has 1 saturated heterocycles. The Bertz CT molecular complexity index is 1200. The molecule has 2 fully saturated rings. The summed E-state index contributed by atoms with van der Waals surface area (Å²) in [5, 5.41) is 13.9. The monoisotopic (exact) mass is 470 g/mol. The van der Waals surface area contributed by atoms with Crippen molar-refractivity contribution in [2.24, 2.45) is 0 Å². The van der Waals surface area contributed by atoms with E-state index in [0.717, 1.165) is 32.0 Å². The number of rotatable bonds is 5. The summed E-state index contributed by atoms with van der Waals surface area (Å²) in [6, 6.07) is 5.79. The molecule has 0 bridgehead atoms. The highest BCUT2D eigenvalue weighted by Crippen LogP contribution is 2.36. The molecule has 2 N–H and O–H groups in total. The van der Waals surface area contributed by atoms with Gasteiger partial charge in [0.2, 0.25) is 0 Å². The quantitative estimate of drug-likeness (QED) is 0.589. The van der Waals surface area contributed by atoms with E-state index < -0.39 is 17.4 Å². The van der Waals surface area contributed by atoms with Gasteiger partial charge >= 0.3 is 6.01 Å². The first kappa shape index (κ1) is 22.7. The Hall–Kier alpha value is -3.11. The van der Waals surface area contributed by atoms with Gasteiger partial charge in [-0.15, -0.1) is 0 Å². The number of phenols is 1.